The lowest BCUT2D eigenvalue weighted by molar-refractivity contribution is -0.161. The number of hydrogen-bond acceptors (Lipinski definition) is 5. The zero-order valence-electron chi connectivity index (χ0n) is 13.3. The molecule has 7 nitrogen and oxygen atoms in total. The molecule has 126 valence electrons. The Labute approximate surface area is 141 Å². The van der Waals surface area contributed by atoms with E-state index in [0.717, 1.165) is 21.8 Å². The lowest BCUT2D eigenvalue weighted by atomic mass is 9.83. The van der Waals surface area contributed by atoms with E-state index in [4.69, 9.17) is 0 Å². The molecule has 2 aromatic heterocycles. The molecule has 2 N–H and O–H groups in total. The Morgan fingerprint density at radius 1 is 1.54 bits per heavy atom. The monoisotopic (exact) mass is 347 g/mol. The Morgan fingerprint density at radius 3 is 2.92 bits per heavy atom. The second-order valence-corrected chi connectivity index (χ2v) is 7.32. The highest BCUT2D eigenvalue weighted by atomic mass is 32.1. The van der Waals surface area contributed by atoms with Crippen LogP contribution in [0.3, 0.4) is 0 Å². The van der Waals surface area contributed by atoms with Crippen LogP contribution in [0, 0.1) is 5.92 Å². The minimum atomic E-state index is -1.11. The van der Waals surface area contributed by atoms with Crippen molar-refractivity contribution >= 4 is 33.6 Å². The van der Waals surface area contributed by atoms with E-state index in [-0.39, 0.29) is 17.6 Å². The number of carbonyl (C=O) groups is 2. The number of carbonyl (C=O) groups excluding carboxylic acids is 1. The minimum Gasteiger partial charge on any atom is -0.477 e. The van der Waals surface area contributed by atoms with Crippen LogP contribution in [0.25, 0.3) is 10.4 Å². The molecule has 0 bridgehead atoms. The van der Waals surface area contributed by atoms with Gasteiger partial charge in [-0.25, -0.2) is 9.78 Å². The Kier molecular flexibility index (Phi) is 3.29. The third-order valence-corrected chi connectivity index (χ3v) is 6.12. The topological polar surface area (TPSA) is 95.1 Å². The first kappa shape index (κ1) is 15.3. The van der Waals surface area contributed by atoms with E-state index in [9.17, 15) is 19.8 Å². The molecule has 4 heterocycles. The number of amides is 1. The average Bonchev–Trinajstić information content (AvgIpc) is 3.16. The fourth-order valence-electron chi connectivity index (χ4n) is 3.87. The predicted molar refractivity (Wildman–Crippen MR) is 87.4 cm³/mol. The summed E-state index contributed by atoms with van der Waals surface area (Å²) in [5.41, 5.74) is 1.54. The first-order valence-electron chi connectivity index (χ1n) is 7.87. The molecule has 8 heteroatoms. The van der Waals surface area contributed by atoms with Gasteiger partial charge in [0.15, 0.2) is 0 Å². The molecule has 3 atom stereocenters. The van der Waals surface area contributed by atoms with Crippen LogP contribution in [0.1, 0.15) is 30.8 Å². The van der Waals surface area contributed by atoms with Gasteiger partial charge < -0.3 is 15.1 Å². The van der Waals surface area contributed by atoms with Crippen LogP contribution in [0.2, 0.25) is 0 Å². The van der Waals surface area contributed by atoms with Gasteiger partial charge in [-0.2, -0.15) is 0 Å². The molecule has 2 aliphatic rings. The molecular formula is C16H17N3O4S. The van der Waals surface area contributed by atoms with Crippen molar-refractivity contribution in [1.82, 2.24) is 14.3 Å². The summed E-state index contributed by atoms with van der Waals surface area (Å²) in [6.07, 6.45) is 3.86. The summed E-state index contributed by atoms with van der Waals surface area (Å²) < 4.78 is 1.90. The number of hydrogen-bond donors (Lipinski definition) is 2. The number of nitrogens with zero attached hydrogens (tertiary/aromatic N) is 3. The summed E-state index contributed by atoms with van der Waals surface area (Å²) in [4.78, 5) is 31.7. The van der Waals surface area contributed by atoms with E-state index >= 15 is 0 Å². The number of carboxylic acids is 1. The predicted octanol–water partition coefficient (Wildman–Crippen LogP) is 1.37. The van der Waals surface area contributed by atoms with E-state index in [0.29, 0.717) is 12.0 Å². The smallest absolute Gasteiger partial charge is 0.352 e. The number of rotatable bonds is 4. The Bertz CT molecular complexity index is 894. The lowest BCUT2D eigenvalue weighted by Crippen LogP contribution is -2.61. The van der Waals surface area contributed by atoms with Crippen molar-refractivity contribution in [1.29, 1.82) is 0 Å². The van der Waals surface area contributed by atoms with Gasteiger partial charge in [-0.1, -0.05) is 6.92 Å². The SMILES string of the molecule is CCc1sc2cncn2c1C1=C(C(=O)O)N2C(=O)[C@H]([C@@H](C)O)[C@H]2C1. The van der Waals surface area contributed by atoms with Crippen LogP contribution in [0.15, 0.2) is 18.2 Å². The van der Waals surface area contributed by atoms with E-state index in [1.54, 1.807) is 30.8 Å². The summed E-state index contributed by atoms with van der Waals surface area (Å²) in [5.74, 6) is -1.94. The number of carboxylic acid groups (broad SMARTS) is 1. The molecule has 1 amide bonds. The van der Waals surface area contributed by atoms with Crippen molar-refractivity contribution in [3.8, 4) is 0 Å². The third kappa shape index (κ3) is 1.83. The summed E-state index contributed by atoms with van der Waals surface area (Å²) in [6.45, 7) is 3.60. The van der Waals surface area contributed by atoms with Gasteiger partial charge in [0.25, 0.3) is 0 Å². The maximum atomic E-state index is 12.3. The minimum absolute atomic E-state index is 0.0463. The molecule has 0 aromatic carbocycles. The standard InChI is InChI=1S/C16H17N3O4S/c1-3-10-13(18-6-17-5-11(18)24-10)8-4-9-12(7(2)20)15(21)19(9)14(8)16(22)23/h5-7,9,12,20H,3-4H2,1-2H3,(H,22,23)/t7-,9-,12-/m1/s1. The number of aliphatic carboxylic acids is 1. The van der Waals surface area contributed by atoms with Crippen LogP contribution in [-0.2, 0) is 16.0 Å². The molecule has 0 saturated carbocycles. The molecule has 1 saturated heterocycles. The van der Waals surface area contributed by atoms with Crippen LogP contribution < -0.4 is 0 Å². The van der Waals surface area contributed by atoms with Gasteiger partial charge in [0.2, 0.25) is 5.91 Å². The molecule has 4 rings (SSSR count). The van der Waals surface area contributed by atoms with Gasteiger partial charge in [-0.15, -0.1) is 11.3 Å². The molecule has 24 heavy (non-hydrogen) atoms. The fraction of sp³-hybridized carbons (Fsp3) is 0.438. The number of aryl methyl sites for hydroxylation is 1. The summed E-state index contributed by atoms with van der Waals surface area (Å²) in [7, 11) is 0. The van der Waals surface area contributed by atoms with Gasteiger partial charge in [-0.3, -0.25) is 9.20 Å². The fourth-order valence-corrected chi connectivity index (χ4v) is 4.94. The zero-order chi connectivity index (χ0) is 17.2. The van der Waals surface area contributed by atoms with Crippen molar-refractivity contribution in [2.45, 2.75) is 38.8 Å². The van der Waals surface area contributed by atoms with Gasteiger partial charge in [0, 0.05) is 10.5 Å². The van der Waals surface area contributed by atoms with E-state index in [1.165, 1.54) is 4.90 Å². The number of β-lactam (4-membered cyclic amide) rings is 1. The largest absolute Gasteiger partial charge is 0.477 e. The highest BCUT2D eigenvalue weighted by molar-refractivity contribution is 7.17. The highest BCUT2D eigenvalue weighted by Gasteiger charge is 2.57. The van der Waals surface area contributed by atoms with Gasteiger partial charge in [0.05, 0.1) is 30.0 Å². The number of imidazole rings is 1. The second-order valence-electron chi connectivity index (χ2n) is 6.21. The Hall–Kier alpha value is -2.19. The van der Waals surface area contributed by atoms with Crippen molar-refractivity contribution in [3.05, 3.63) is 28.8 Å². The number of thiazole rings is 1. The maximum absolute atomic E-state index is 12.3. The number of aliphatic hydroxyl groups is 1. The lowest BCUT2D eigenvalue weighted by Gasteiger charge is -2.44. The molecule has 2 aromatic rings. The number of aliphatic hydroxyl groups excluding tert-OH is 1. The zero-order valence-corrected chi connectivity index (χ0v) is 14.1. The Morgan fingerprint density at radius 2 is 2.29 bits per heavy atom. The normalized spacial score (nSPS) is 24.5. The first-order chi connectivity index (χ1) is 11.5. The molecule has 1 fully saturated rings. The van der Waals surface area contributed by atoms with Crippen LogP contribution in [-0.4, -0.2) is 48.5 Å². The first-order valence-corrected chi connectivity index (χ1v) is 8.69. The van der Waals surface area contributed by atoms with Gasteiger partial charge in [-0.05, 0) is 19.8 Å². The van der Waals surface area contributed by atoms with E-state index in [2.05, 4.69) is 4.98 Å². The third-order valence-electron chi connectivity index (χ3n) is 4.88. The van der Waals surface area contributed by atoms with Gasteiger partial charge >= 0.3 is 5.97 Å². The van der Waals surface area contributed by atoms with Crippen LogP contribution in [0.5, 0.6) is 0 Å². The molecule has 0 aliphatic carbocycles. The summed E-state index contributed by atoms with van der Waals surface area (Å²) >= 11 is 1.58. The molecular weight excluding hydrogens is 330 g/mol. The van der Waals surface area contributed by atoms with Crippen LogP contribution >= 0.6 is 11.3 Å². The molecule has 0 radical (unpaired) electrons. The van der Waals surface area contributed by atoms with Crippen molar-refractivity contribution in [2.75, 3.05) is 0 Å². The second kappa shape index (κ2) is 5.15. The molecule has 0 spiro atoms. The summed E-state index contributed by atoms with van der Waals surface area (Å²) in [5, 5.41) is 19.5. The van der Waals surface area contributed by atoms with E-state index in [1.807, 2.05) is 11.3 Å². The highest BCUT2D eigenvalue weighted by Crippen LogP contribution is 2.48. The number of fused-ring (bicyclic) bond motifs is 2. The quantitative estimate of drug-likeness (QED) is 0.815. The van der Waals surface area contributed by atoms with Crippen molar-refractivity contribution in [3.63, 3.8) is 0 Å². The average molecular weight is 347 g/mol. The van der Waals surface area contributed by atoms with Gasteiger partial charge in [0.1, 0.15) is 16.9 Å². The maximum Gasteiger partial charge on any atom is 0.352 e. The van der Waals surface area contributed by atoms with Crippen LogP contribution in [0.4, 0.5) is 0 Å². The van der Waals surface area contributed by atoms with Crippen molar-refractivity contribution < 1.29 is 19.8 Å². The molecule has 2 aliphatic heterocycles. The van der Waals surface area contributed by atoms with Crippen molar-refractivity contribution in [2.24, 2.45) is 5.92 Å². The van der Waals surface area contributed by atoms with E-state index < -0.39 is 18.0 Å². The Balaban J connectivity index is 1.89. The molecule has 0 unspecified atom stereocenters. The number of aromatic nitrogens is 2. The summed E-state index contributed by atoms with van der Waals surface area (Å²) in [6, 6.07) is -0.276.